The molecule has 0 bridgehead atoms. The lowest BCUT2D eigenvalue weighted by molar-refractivity contribution is -0.122. The topological polar surface area (TPSA) is 139 Å². The zero-order valence-corrected chi connectivity index (χ0v) is 23.8. The number of hydrogen-bond donors (Lipinski definition) is 3. The van der Waals surface area contributed by atoms with Gasteiger partial charge in [0.05, 0.1) is 29.9 Å². The van der Waals surface area contributed by atoms with Gasteiger partial charge in [-0.3, -0.25) is 14.4 Å². The summed E-state index contributed by atoms with van der Waals surface area (Å²) >= 11 is 13.1. The Morgan fingerprint density at radius 1 is 1.12 bits per heavy atom. The minimum Gasteiger partial charge on any atom is -0.486 e. The summed E-state index contributed by atoms with van der Waals surface area (Å²) in [5.74, 6) is -0.211. The molecule has 4 aromatic rings. The first-order chi connectivity index (χ1) is 19.7. The average Bonchev–Trinajstić information content (AvgIpc) is 3.39. The predicted octanol–water partition coefficient (Wildman–Crippen LogP) is 4.60. The Kier molecular flexibility index (Phi) is 9.43. The molecule has 2 heterocycles. The Morgan fingerprint density at radius 2 is 1.93 bits per heavy atom. The summed E-state index contributed by atoms with van der Waals surface area (Å²) in [6.45, 7) is 1.13. The van der Waals surface area contributed by atoms with Crippen molar-refractivity contribution in [2.45, 2.75) is 13.5 Å². The molecule has 0 spiro atoms. The average molecular weight is 597 g/mol. The van der Waals surface area contributed by atoms with Crippen molar-refractivity contribution in [1.29, 1.82) is 0 Å². The number of imidazole rings is 1. The highest BCUT2D eigenvalue weighted by Gasteiger charge is 2.19. The van der Waals surface area contributed by atoms with Gasteiger partial charge in [0.2, 0.25) is 17.7 Å². The van der Waals surface area contributed by atoms with Crippen molar-refractivity contribution < 1.29 is 23.9 Å². The molecule has 0 fully saturated rings. The number of hydrogen-bond acceptors (Lipinski definition) is 7. The second-order valence-corrected chi connectivity index (χ2v) is 9.49. The number of ether oxygens (including phenoxy) is 2. The molecule has 3 N–H and O–H groups in total. The van der Waals surface area contributed by atoms with Gasteiger partial charge in [0.15, 0.2) is 0 Å². The maximum atomic E-state index is 12.8. The molecular formula is C28H26Cl2N6O5. The van der Waals surface area contributed by atoms with Gasteiger partial charge in [-0.05, 0) is 48.0 Å². The van der Waals surface area contributed by atoms with E-state index in [1.165, 1.54) is 37.3 Å². The summed E-state index contributed by atoms with van der Waals surface area (Å²) < 4.78 is 11.1. The van der Waals surface area contributed by atoms with E-state index in [4.69, 9.17) is 32.7 Å². The number of carbonyl (C=O) groups excluding carboxylic acids is 3. The molecule has 0 saturated carbocycles. The van der Waals surface area contributed by atoms with Gasteiger partial charge in [-0.2, -0.15) is 4.98 Å². The molecule has 0 radical (unpaired) electrons. The molecule has 11 nitrogen and oxygen atoms in total. The Morgan fingerprint density at radius 3 is 2.63 bits per heavy atom. The number of fused-ring (bicyclic) bond motifs is 1. The van der Waals surface area contributed by atoms with Crippen LogP contribution in [0.15, 0.2) is 54.7 Å². The molecule has 41 heavy (non-hydrogen) atoms. The van der Waals surface area contributed by atoms with Crippen molar-refractivity contribution in [3.05, 3.63) is 75.9 Å². The maximum Gasteiger partial charge on any atom is 0.294 e. The van der Waals surface area contributed by atoms with Crippen molar-refractivity contribution in [3.63, 3.8) is 0 Å². The largest absolute Gasteiger partial charge is 0.486 e. The fourth-order valence-corrected chi connectivity index (χ4v) is 4.33. The third-order valence-electron chi connectivity index (χ3n) is 5.85. The minimum absolute atomic E-state index is 0.0179. The summed E-state index contributed by atoms with van der Waals surface area (Å²) in [5.41, 5.74) is 2.85. The van der Waals surface area contributed by atoms with Crippen LogP contribution in [0.5, 0.6) is 11.8 Å². The summed E-state index contributed by atoms with van der Waals surface area (Å²) in [4.78, 5) is 49.0. The van der Waals surface area contributed by atoms with Gasteiger partial charge in [-0.15, -0.1) is 0 Å². The van der Waals surface area contributed by atoms with Gasteiger partial charge in [0.25, 0.3) is 6.01 Å². The molecule has 0 aliphatic heterocycles. The van der Waals surface area contributed by atoms with Crippen LogP contribution in [-0.4, -0.2) is 53.4 Å². The van der Waals surface area contributed by atoms with Crippen LogP contribution < -0.4 is 25.0 Å². The highest BCUT2D eigenvalue weighted by atomic mass is 35.5. The van der Waals surface area contributed by atoms with E-state index < -0.39 is 11.8 Å². The predicted molar refractivity (Wildman–Crippen MR) is 157 cm³/mol. The SMILES string of the molecule is COc1nc2c(OCc3c(Cl)ccc(N(C)C(=O)CNC(=O)C=Cc4ccc(NC(C)=O)nc4)c3Cl)cccc2[nH]1. The number of H-pyrrole nitrogens is 1. The molecular weight excluding hydrogens is 571 g/mol. The van der Waals surface area contributed by atoms with Crippen LogP contribution >= 0.6 is 23.2 Å². The summed E-state index contributed by atoms with van der Waals surface area (Å²) in [6.07, 6.45) is 4.32. The van der Waals surface area contributed by atoms with Crippen LogP contribution in [0.1, 0.15) is 18.1 Å². The zero-order chi connectivity index (χ0) is 29.5. The van der Waals surface area contributed by atoms with Crippen LogP contribution in [-0.2, 0) is 21.0 Å². The highest BCUT2D eigenvalue weighted by molar-refractivity contribution is 6.38. The number of amides is 3. The van der Waals surface area contributed by atoms with E-state index >= 15 is 0 Å². The number of pyridine rings is 1. The van der Waals surface area contributed by atoms with Gasteiger partial charge in [0, 0.05) is 36.8 Å². The number of nitrogens with one attached hydrogen (secondary N) is 3. The van der Waals surface area contributed by atoms with Crippen molar-refractivity contribution in [2.75, 3.05) is 30.9 Å². The summed E-state index contributed by atoms with van der Waals surface area (Å²) in [6, 6.07) is 12.3. The number of methoxy groups -OCH3 is 1. The van der Waals surface area contributed by atoms with Gasteiger partial charge >= 0.3 is 0 Å². The first-order valence-electron chi connectivity index (χ1n) is 12.2. The summed E-state index contributed by atoms with van der Waals surface area (Å²) in [5, 5.41) is 5.71. The standard InChI is InChI=1S/C28H26Cl2N6O5/c1-16(37)33-23-11-7-17(13-31-23)8-12-24(38)32-14-25(39)36(2)21-10-9-19(29)18(26(21)30)15-41-22-6-4-5-20-27(22)35-28(34-20)40-3/h4-13H,14-15H2,1-3H3,(H,32,38)(H,34,35)(H,31,33,37). The van der Waals surface area contributed by atoms with Gasteiger partial charge < -0.3 is 30.0 Å². The minimum atomic E-state index is -0.474. The first kappa shape index (κ1) is 29.4. The number of halogens is 2. The van der Waals surface area contributed by atoms with E-state index in [2.05, 4.69) is 25.6 Å². The number of para-hydroxylation sites is 1. The molecule has 3 amide bonds. The van der Waals surface area contributed by atoms with Crippen molar-refractivity contribution in [3.8, 4) is 11.8 Å². The summed E-state index contributed by atoms with van der Waals surface area (Å²) in [7, 11) is 3.06. The highest BCUT2D eigenvalue weighted by Crippen LogP contribution is 2.35. The molecule has 0 aliphatic carbocycles. The number of aromatic nitrogens is 3. The monoisotopic (exact) mass is 596 g/mol. The lowest BCUT2D eigenvalue weighted by Crippen LogP contribution is -2.37. The number of nitrogens with zero attached hydrogens (tertiary/aromatic N) is 3. The van der Waals surface area contributed by atoms with Crippen molar-refractivity contribution in [1.82, 2.24) is 20.3 Å². The molecule has 4 rings (SSSR count). The molecule has 13 heteroatoms. The Hall–Kier alpha value is -4.61. The van der Waals surface area contributed by atoms with Crippen molar-refractivity contribution >= 4 is 69.5 Å². The van der Waals surface area contributed by atoms with E-state index in [0.29, 0.717) is 44.9 Å². The van der Waals surface area contributed by atoms with E-state index in [-0.39, 0.29) is 24.1 Å². The fraction of sp³-hybridized carbons (Fsp3) is 0.179. The Bertz CT molecular complexity index is 1620. The number of benzene rings is 2. The fourth-order valence-electron chi connectivity index (χ4n) is 3.73. The van der Waals surface area contributed by atoms with E-state index in [9.17, 15) is 14.4 Å². The van der Waals surface area contributed by atoms with Gasteiger partial charge in [0.1, 0.15) is 23.7 Å². The van der Waals surface area contributed by atoms with Crippen molar-refractivity contribution in [2.24, 2.45) is 0 Å². The molecule has 0 saturated heterocycles. The molecule has 0 atom stereocenters. The number of likely N-dealkylation sites (N-methyl/N-ethyl adjacent to an activating group) is 1. The third-order valence-corrected chi connectivity index (χ3v) is 6.63. The Balaban J connectivity index is 1.37. The van der Waals surface area contributed by atoms with Gasteiger partial charge in [-0.25, -0.2) is 4.98 Å². The van der Waals surface area contributed by atoms with E-state index in [0.717, 1.165) is 5.52 Å². The number of aromatic amines is 1. The van der Waals surface area contributed by atoms with Crippen LogP contribution in [0, 0.1) is 0 Å². The first-order valence-corrected chi connectivity index (χ1v) is 13.0. The molecule has 2 aromatic heterocycles. The lowest BCUT2D eigenvalue weighted by Gasteiger charge is -2.21. The van der Waals surface area contributed by atoms with E-state index in [1.807, 2.05) is 12.1 Å². The second-order valence-electron chi connectivity index (χ2n) is 8.71. The van der Waals surface area contributed by atoms with Gasteiger partial charge in [-0.1, -0.05) is 29.3 Å². The van der Waals surface area contributed by atoms with Crippen LogP contribution in [0.4, 0.5) is 11.5 Å². The number of anilines is 2. The molecule has 0 unspecified atom stereocenters. The Labute approximate surface area is 245 Å². The van der Waals surface area contributed by atoms with Crippen LogP contribution in [0.3, 0.4) is 0 Å². The van der Waals surface area contributed by atoms with E-state index in [1.54, 1.807) is 37.4 Å². The second kappa shape index (κ2) is 13.2. The van der Waals surface area contributed by atoms with Crippen LogP contribution in [0.25, 0.3) is 17.1 Å². The smallest absolute Gasteiger partial charge is 0.294 e. The molecule has 2 aromatic carbocycles. The van der Waals surface area contributed by atoms with Crippen LogP contribution in [0.2, 0.25) is 10.0 Å². The quantitative estimate of drug-likeness (QED) is 0.227. The molecule has 212 valence electrons. The number of carbonyl (C=O) groups is 3. The molecule has 0 aliphatic rings. The zero-order valence-electron chi connectivity index (χ0n) is 22.3. The lowest BCUT2D eigenvalue weighted by atomic mass is 10.2. The maximum absolute atomic E-state index is 12.8. The normalized spacial score (nSPS) is 11.0. The third kappa shape index (κ3) is 7.33. The number of rotatable bonds is 10.